The van der Waals surface area contributed by atoms with Crippen LogP contribution in [0, 0.1) is 10.1 Å². The van der Waals surface area contributed by atoms with Crippen molar-refractivity contribution in [3.8, 4) is 0 Å². The Morgan fingerprint density at radius 3 is 2.78 bits per heavy atom. The lowest BCUT2D eigenvalue weighted by molar-refractivity contribution is -0.385. The summed E-state index contributed by atoms with van der Waals surface area (Å²) in [5, 5.41) is 20.5. The molecule has 1 heterocycles. The van der Waals surface area contributed by atoms with Gasteiger partial charge in [0.25, 0.3) is 11.6 Å². The number of hydrogen-bond acceptors (Lipinski definition) is 5. The van der Waals surface area contributed by atoms with E-state index in [1.54, 1.807) is 24.5 Å². The highest BCUT2D eigenvalue weighted by Crippen LogP contribution is 2.24. The number of nitro benzene ring substituents is 1. The fourth-order valence-electron chi connectivity index (χ4n) is 2.09. The number of aliphatic hydroxyl groups is 1. The van der Waals surface area contributed by atoms with Crippen LogP contribution >= 0.6 is 11.6 Å². The van der Waals surface area contributed by atoms with Crippen molar-refractivity contribution in [1.29, 1.82) is 0 Å². The van der Waals surface area contributed by atoms with Crippen molar-refractivity contribution in [3.05, 3.63) is 69.0 Å². The number of aromatic nitrogens is 1. The van der Waals surface area contributed by atoms with Gasteiger partial charge in [-0.1, -0.05) is 17.7 Å². The first-order valence-corrected chi connectivity index (χ1v) is 7.13. The third-order valence-electron chi connectivity index (χ3n) is 3.14. The number of aliphatic hydroxyl groups excluding tert-OH is 1. The molecule has 1 amide bonds. The highest BCUT2D eigenvalue weighted by molar-refractivity contribution is 6.31. The van der Waals surface area contributed by atoms with Gasteiger partial charge in [0.2, 0.25) is 0 Å². The highest BCUT2D eigenvalue weighted by Gasteiger charge is 2.25. The van der Waals surface area contributed by atoms with Crippen LogP contribution in [0.25, 0.3) is 0 Å². The van der Waals surface area contributed by atoms with Gasteiger partial charge < -0.3 is 10.0 Å². The lowest BCUT2D eigenvalue weighted by atomic mass is 10.1. The van der Waals surface area contributed by atoms with Crippen LogP contribution in [-0.2, 0) is 6.54 Å². The summed E-state index contributed by atoms with van der Waals surface area (Å²) in [5.41, 5.74) is 0.312. The Morgan fingerprint density at radius 1 is 1.39 bits per heavy atom. The zero-order valence-electron chi connectivity index (χ0n) is 12.1. The summed E-state index contributed by atoms with van der Waals surface area (Å²) in [7, 11) is 0. The van der Waals surface area contributed by atoms with Crippen molar-refractivity contribution < 1.29 is 14.8 Å². The van der Waals surface area contributed by atoms with E-state index in [1.807, 2.05) is 0 Å². The minimum atomic E-state index is -0.634. The molecule has 0 atom stereocenters. The topological polar surface area (TPSA) is 96.6 Å². The number of rotatable bonds is 6. The summed E-state index contributed by atoms with van der Waals surface area (Å²) in [5.74, 6) is -0.572. The van der Waals surface area contributed by atoms with Crippen LogP contribution < -0.4 is 0 Å². The number of benzene rings is 1. The van der Waals surface area contributed by atoms with Gasteiger partial charge in [0.05, 0.1) is 11.5 Å². The van der Waals surface area contributed by atoms with Crippen LogP contribution in [0.2, 0.25) is 5.02 Å². The number of halogens is 1. The van der Waals surface area contributed by atoms with Crippen molar-refractivity contribution in [2.24, 2.45) is 0 Å². The van der Waals surface area contributed by atoms with E-state index in [0.29, 0.717) is 0 Å². The van der Waals surface area contributed by atoms with Gasteiger partial charge >= 0.3 is 0 Å². The number of hydrogen-bond donors (Lipinski definition) is 1. The molecule has 0 aliphatic heterocycles. The molecule has 0 bridgehead atoms. The van der Waals surface area contributed by atoms with E-state index in [1.165, 1.54) is 23.1 Å². The van der Waals surface area contributed by atoms with Crippen molar-refractivity contribution >= 4 is 23.2 Å². The Kier molecular flexibility index (Phi) is 5.61. The maximum absolute atomic E-state index is 12.6. The zero-order chi connectivity index (χ0) is 16.8. The summed E-state index contributed by atoms with van der Waals surface area (Å²) in [6.07, 6.45) is 3.19. The number of carbonyl (C=O) groups excluding carboxylic acids is 1. The van der Waals surface area contributed by atoms with Crippen molar-refractivity contribution in [2.75, 3.05) is 13.2 Å². The number of pyridine rings is 1. The van der Waals surface area contributed by atoms with Gasteiger partial charge in [0.15, 0.2) is 0 Å². The minimum Gasteiger partial charge on any atom is -0.395 e. The van der Waals surface area contributed by atoms with Gasteiger partial charge in [-0.3, -0.25) is 19.9 Å². The predicted molar refractivity (Wildman–Crippen MR) is 84.2 cm³/mol. The second kappa shape index (κ2) is 7.66. The molecule has 1 aromatic heterocycles. The molecule has 0 aliphatic rings. The molecule has 1 N–H and O–H groups in total. The van der Waals surface area contributed by atoms with Crippen LogP contribution in [0.4, 0.5) is 5.69 Å². The van der Waals surface area contributed by atoms with E-state index in [4.69, 9.17) is 11.6 Å². The molecule has 8 heteroatoms. The van der Waals surface area contributed by atoms with Crippen LogP contribution in [0.5, 0.6) is 0 Å². The first kappa shape index (κ1) is 16.9. The van der Waals surface area contributed by atoms with Crippen LogP contribution in [0.1, 0.15) is 15.9 Å². The average molecular weight is 336 g/mol. The smallest absolute Gasteiger partial charge is 0.282 e. The predicted octanol–water partition coefficient (Wildman–Crippen LogP) is 2.28. The molecule has 0 spiro atoms. The molecule has 0 saturated heterocycles. The molecule has 1 aromatic carbocycles. The Morgan fingerprint density at radius 2 is 2.17 bits per heavy atom. The van der Waals surface area contributed by atoms with E-state index in [-0.39, 0.29) is 36.0 Å². The van der Waals surface area contributed by atoms with E-state index >= 15 is 0 Å². The first-order valence-electron chi connectivity index (χ1n) is 6.76. The molecule has 2 aromatic rings. The Labute approximate surface area is 137 Å². The van der Waals surface area contributed by atoms with Gasteiger partial charge in [-0.05, 0) is 23.8 Å². The second-order valence-electron chi connectivity index (χ2n) is 4.73. The second-order valence-corrected chi connectivity index (χ2v) is 5.17. The fraction of sp³-hybridized carbons (Fsp3) is 0.200. The Hall–Kier alpha value is -2.51. The third kappa shape index (κ3) is 4.24. The van der Waals surface area contributed by atoms with E-state index < -0.39 is 10.8 Å². The van der Waals surface area contributed by atoms with Gasteiger partial charge in [0.1, 0.15) is 5.56 Å². The van der Waals surface area contributed by atoms with Crippen molar-refractivity contribution in [2.45, 2.75) is 6.54 Å². The molecule has 120 valence electrons. The monoisotopic (exact) mass is 335 g/mol. The normalized spacial score (nSPS) is 10.3. The van der Waals surface area contributed by atoms with Gasteiger partial charge in [-0.2, -0.15) is 0 Å². The number of nitro groups is 1. The molecule has 0 saturated carbocycles. The Bertz CT molecular complexity index is 709. The molecule has 2 rings (SSSR count). The standard InChI is InChI=1S/C15H14ClN3O4/c16-12-3-4-14(19(22)23)13(8-12)15(21)18(6-7-20)10-11-2-1-5-17-9-11/h1-5,8-9,20H,6-7,10H2. The molecule has 7 nitrogen and oxygen atoms in total. The lowest BCUT2D eigenvalue weighted by Crippen LogP contribution is -2.33. The van der Waals surface area contributed by atoms with Gasteiger partial charge in [0, 0.05) is 36.6 Å². The summed E-state index contributed by atoms with van der Waals surface area (Å²) in [6, 6.07) is 7.30. The van der Waals surface area contributed by atoms with Crippen molar-refractivity contribution in [1.82, 2.24) is 9.88 Å². The first-order chi connectivity index (χ1) is 11.0. The molecule has 0 radical (unpaired) electrons. The van der Waals surface area contributed by atoms with Gasteiger partial charge in [-0.25, -0.2) is 0 Å². The third-order valence-corrected chi connectivity index (χ3v) is 3.37. The molecule has 0 aliphatic carbocycles. The van der Waals surface area contributed by atoms with Crippen LogP contribution in [-0.4, -0.2) is 39.0 Å². The quantitative estimate of drug-likeness (QED) is 0.645. The summed E-state index contributed by atoms with van der Waals surface area (Å²) < 4.78 is 0. The SMILES string of the molecule is O=C(c1cc(Cl)ccc1[N+](=O)[O-])N(CCO)Cc1cccnc1. The molecular weight excluding hydrogens is 322 g/mol. The van der Waals surface area contributed by atoms with Crippen LogP contribution in [0.3, 0.4) is 0 Å². The maximum Gasteiger partial charge on any atom is 0.282 e. The Balaban J connectivity index is 2.34. The van der Waals surface area contributed by atoms with E-state index in [9.17, 15) is 20.0 Å². The maximum atomic E-state index is 12.6. The number of carbonyl (C=O) groups is 1. The van der Waals surface area contributed by atoms with Gasteiger partial charge in [-0.15, -0.1) is 0 Å². The lowest BCUT2D eigenvalue weighted by Gasteiger charge is -2.21. The van der Waals surface area contributed by atoms with Crippen molar-refractivity contribution in [3.63, 3.8) is 0 Å². The summed E-state index contributed by atoms with van der Waals surface area (Å²) >= 11 is 5.85. The molecule has 0 fully saturated rings. The van der Waals surface area contributed by atoms with E-state index in [0.717, 1.165) is 5.56 Å². The fourth-order valence-corrected chi connectivity index (χ4v) is 2.27. The number of nitrogens with zero attached hydrogens (tertiary/aromatic N) is 3. The van der Waals surface area contributed by atoms with Crippen LogP contribution in [0.15, 0.2) is 42.7 Å². The average Bonchev–Trinajstić information content (AvgIpc) is 2.54. The number of amides is 1. The molecule has 23 heavy (non-hydrogen) atoms. The molecule has 0 unspecified atom stereocenters. The summed E-state index contributed by atoms with van der Waals surface area (Å²) in [6.45, 7) is -0.0470. The molecular formula is C15H14ClN3O4. The van der Waals surface area contributed by atoms with E-state index in [2.05, 4.69) is 4.98 Å². The highest BCUT2D eigenvalue weighted by atomic mass is 35.5. The summed E-state index contributed by atoms with van der Waals surface area (Å²) in [4.78, 5) is 28.4. The minimum absolute atomic E-state index is 0.0391. The largest absolute Gasteiger partial charge is 0.395 e. The zero-order valence-corrected chi connectivity index (χ0v) is 12.8.